The normalized spacial score (nSPS) is 16.1. The fourth-order valence-electron chi connectivity index (χ4n) is 5.42. The number of ether oxygens (including phenoxy) is 1. The van der Waals surface area contributed by atoms with Crippen LogP contribution in [0.15, 0.2) is 61.1 Å². The van der Waals surface area contributed by atoms with Crippen molar-refractivity contribution in [3.8, 4) is 28.1 Å². The van der Waals surface area contributed by atoms with Gasteiger partial charge in [0, 0.05) is 85.3 Å². The van der Waals surface area contributed by atoms with Crippen molar-refractivity contribution in [2.24, 2.45) is 0 Å². The Labute approximate surface area is 281 Å². The molecule has 4 heterocycles. The maximum absolute atomic E-state index is 16.1. The Kier molecular flexibility index (Phi) is 9.04. The minimum absolute atomic E-state index is 0.0202. The van der Waals surface area contributed by atoms with Crippen LogP contribution in [0.4, 0.5) is 29.3 Å². The van der Waals surface area contributed by atoms with E-state index in [1.54, 1.807) is 49.9 Å². The number of aromatic nitrogens is 3. The molecule has 0 spiro atoms. The smallest absolute Gasteiger partial charge is 0.410 e. The Hall–Kier alpha value is -4.34. The predicted molar refractivity (Wildman–Crippen MR) is 176 cm³/mol. The van der Waals surface area contributed by atoms with E-state index in [1.807, 2.05) is 4.90 Å². The molecule has 2 saturated heterocycles. The van der Waals surface area contributed by atoms with Crippen LogP contribution < -0.4 is 9.62 Å². The van der Waals surface area contributed by atoms with Gasteiger partial charge in [-0.05, 0) is 63.2 Å². The second-order valence-corrected chi connectivity index (χ2v) is 14.6. The SMILES string of the molecule is CC(C)(C)OC(=O)N1CCN(c2ccc(-n3cc(-c4cc(Cl)cc(NS(=O)(=O)N5CC(F)C5)c4F)c(-c4ccncc4)n3)c(F)c2)CC1. The highest BCUT2D eigenvalue weighted by Gasteiger charge is 2.36. The highest BCUT2D eigenvalue weighted by molar-refractivity contribution is 7.90. The van der Waals surface area contributed by atoms with Gasteiger partial charge in [0.15, 0.2) is 11.6 Å². The Morgan fingerprint density at radius 3 is 2.31 bits per heavy atom. The van der Waals surface area contributed by atoms with Crippen molar-refractivity contribution >= 4 is 39.3 Å². The average Bonchev–Trinajstić information content (AvgIpc) is 3.45. The topological polar surface area (TPSA) is 113 Å². The molecule has 0 radical (unpaired) electrons. The monoisotopic (exact) mass is 703 g/mol. The van der Waals surface area contributed by atoms with E-state index in [2.05, 4.69) is 14.8 Å². The summed E-state index contributed by atoms with van der Waals surface area (Å²) < 4.78 is 80.5. The molecule has 0 unspecified atom stereocenters. The lowest BCUT2D eigenvalue weighted by Crippen LogP contribution is -2.53. The third-order valence-electron chi connectivity index (χ3n) is 7.85. The lowest BCUT2D eigenvalue weighted by molar-refractivity contribution is 0.0240. The number of alkyl halides is 1. The quantitative estimate of drug-likeness (QED) is 0.255. The van der Waals surface area contributed by atoms with Crippen LogP contribution in [0.2, 0.25) is 5.02 Å². The molecule has 0 atom stereocenters. The number of hydrogen-bond donors (Lipinski definition) is 1. The van der Waals surface area contributed by atoms with Crippen LogP contribution >= 0.6 is 11.6 Å². The van der Waals surface area contributed by atoms with Crippen LogP contribution in [0.1, 0.15) is 20.8 Å². The summed E-state index contributed by atoms with van der Waals surface area (Å²) in [7, 11) is -4.25. The maximum Gasteiger partial charge on any atom is 0.410 e. The molecule has 2 aromatic heterocycles. The van der Waals surface area contributed by atoms with Crippen LogP contribution in [-0.4, -0.2) is 89.5 Å². The summed E-state index contributed by atoms with van der Waals surface area (Å²) in [5.74, 6) is -1.55. The number of carbonyl (C=O) groups is 1. The molecule has 16 heteroatoms. The van der Waals surface area contributed by atoms with Crippen molar-refractivity contribution in [3.63, 3.8) is 0 Å². The van der Waals surface area contributed by atoms with Gasteiger partial charge in [-0.2, -0.15) is 17.8 Å². The first-order valence-electron chi connectivity index (χ1n) is 15.1. The van der Waals surface area contributed by atoms with Crippen molar-refractivity contribution in [1.82, 2.24) is 24.0 Å². The van der Waals surface area contributed by atoms with E-state index in [-0.39, 0.29) is 40.6 Å². The zero-order valence-electron chi connectivity index (χ0n) is 26.3. The second-order valence-electron chi connectivity index (χ2n) is 12.5. The Morgan fingerprint density at radius 1 is 1.00 bits per heavy atom. The number of benzene rings is 2. The number of halogens is 4. The number of pyridine rings is 1. The number of piperazine rings is 1. The Balaban J connectivity index is 1.30. The van der Waals surface area contributed by atoms with Crippen LogP contribution in [-0.2, 0) is 14.9 Å². The van der Waals surface area contributed by atoms with Gasteiger partial charge in [-0.3, -0.25) is 9.71 Å². The maximum atomic E-state index is 16.1. The van der Waals surface area contributed by atoms with Crippen molar-refractivity contribution in [3.05, 3.63) is 77.7 Å². The molecule has 2 aromatic carbocycles. The van der Waals surface area contributed by atoms with E-state index in [0.717, 1.165) is 10.4 Å². The lowest BCUT2D eigenvalue weighted by atomic mass is 10.0. The largest absolute Gasteiger partial charge is 0.444 e. The van der Waals surface area contributed by atoms with Gasteiger partial charge in [-0.15, -0.1) is 0 Å². The van der Waals surface area contributed by atoms with Gasteiger partial charge >= 0.3 is 16.3 Å². The van der Waals surface area contributed by atoms with Crippen molar-refractivity contribution < 1.29 is 31.1 Å². The molecule has 1 amide bonds. The average molecular weight is 704 g/mol. The number of anilines is 2. The molecule has 0 aliphatic carbocycles. The summed E-state index contributed by atoms with van der Waals surface area (Å²) in [6.45, 7) is 6.51. The van der Waals surface area contributed by atoms with Crippen LogP contribution in [0.5, 0.6) is 0 Å². The Bertz CT molecular complexity index is 1940. The molecule has 2 aliphatic rings. The van der Waals surface area contributed by atoms with E-state index < -0.39 is 45.4 Å². The van der Waals surface area contributed by atoms with E-state index in [0.29, 0.717) is 37.4 Å². The highest BCUT2D eigenvalue weighted by Crippen LogP contribution is 2.38. The van der Waals surface area contributed by atoms with E-state index >= 15 is 8.78 Å². The van der Waals surface area contributed by atoms with Gasteiger partial charge in [-0.1, -0.05) is 11.6 Å². The fourth-order valence-corrected chi connectivity index (χ4v) is 6.91. The third-order valence-corrected chi connectivity index (χ3v) is 9.53. The molecule has 0 bridgehead atoms. The summed E-state index contributed by atoms with van der Waals surface area (Å²) in [4.78, 5) is 20.1. The number of amides is 1. The highest BCUT2D eigenvalue weighted by atomic mass is 35.5. The summed E-state index contributed by atoms with van der Waals surface area (Å²) in [5.41, 5.74) is 0.559. The molecular weight excluding hydrogens is 671 g/mol. The molecule has 1 N–H and O–H groups in total. The standard InChI is InChI=1S/C32H33ClF3N7O4S/c1-32(2,3)47-31(44)41-12-10-40(11-13-41)23-4-5-28(26(35)16-23)43-19-25(30(38-43)20-6-8-37-9-7-20)24-14-21(33)15-27(29(24)36)39-48(45,46)42-17-22(34)18-42/h4-9,14-16,19,22,39H,10-13,17-18H2,1-3H3. The van der Waals surface area contributed by atoms with Crippen LogP contribution in [0.25, 0.3) is 28.1 Å². The van der Waals surface area contributed by atoms with Crippen LogP contribution in [0.3, 0.4) is 0 Å². The van der Waals surface area contributed by atoms with Crippen molar-refractivity contribution in [1.29, 1.82) is 0 Å². The molecule has 2 fully saturated rings. The van der Waals surface area contributed by atoms with E-state index in [9.17, 15) is 17.6 Å². The minimum atomic E-state index is -4.25. The van der Waals surface area contributed by atoms with E-state index in [4.69, 9.17) is 16.3 Å². The molecule has 254 valence electrons. The molecule has 48 heavy (non-hydrogen) atoms. The van der Waals surface area contributed by atoms with Gasteiger partial charge in [0.25, 0.3) is 0 Å². The second kappa shape index (κ2) is 12.9. The molecule has 0 saturated carbocycles. The number of nitrogens with zero attached hydrogens (tertiary/aromatic N) is 6. The number of nitrogens with one attached hydrogen (secondary N) is 1. The zero-order valence-corrected chi connectivity index (χ0v) is 27.9. The molecule has 11 nitrogen and oxygen atoms in total. The van der Waals surface area contributed by atoms with Gasteiger partial charge in [0.2, 0.25) is 0 Å². The minimum Gasteiger partial charge on any atom is -0.444 e. The summed E-state index contributed by atoms with van der Waals surface area (Å²) in [6.07, 6.45) is 2.79. The first kappa shape index (κ1) is 33.6. The molecule has 4 aromatic rings. The summed E-state index contributed by atoms with van der Waals surface area (Å²) in [5, 5.41) is 4.62. The molecular formula is C32H33ClF3N7O4S. The van der Waals surface area contributed by atoms with Crippen molar-refractivity contribution in [2.75, 3.05) is 48.9 Å². The summed E-state index contributed by atoms with van der Waals surface area (Å²) >= 11 is 6.34. The lowest BCUT2D eigenvalue weighted by Gasteiger charge is -2.36. The van der Waals surface area contributed by atoms with Gasteiger partial charge < -0.3 is 14.5 Å². The molecule has 2 aliphatic heterocycles. The number of carbonyl (C=O) groups excluding carboxylic acids is 1. The Morgan fingerprint density at radius 2 is 1.69 bits per heavy atom. The number of hydrogen-bond acceptors (Lipinski definition) is 7. The van der Waals surface area contributed by atoms with Crippen LogP contribution in [0, 0.1) is 11.6 Å². The third kappa shape index (κ3) is 7.08. The first-order valence-corrected chi connectivity index (χ1v) is 16.9. The van der Waals surface area contributed by atoms with Gasteiger partial charge in [0.05, 0.1) is 5.69 Å². The number of rotatable bonds is 7. The van der Waals surface area contributed by atoms with Crippen molar-refractivity contribution in [2.45, 2.75) is 32.5 Å². The first-order chi connectivity index (χ1) is 22.7. The zero-order chi connectivity index (χ0) is 34.4. The fraction of sp³-hybridized carbons (Fsp3) is 0.344. The molecule has 6 rings (SSSR count). The van der Waals surface area contributed by atoms with E-state index in [1.165, 1.54) is 35.4 Å². The predicted octanol–water partition coefficient (Wildman–Crippen LogP) is 5.90. The van der Waals surface area contributed by atoms with Gasteiger partial charge in [0.1, 0.15) is 23.2 Å². The van der Waals surface area contributed by atoms with Gasteiger partial charge in [-0.25, -0.2) is 22.6 Å². The summed E-state index contributed by atoms with van der Waals surface area (Å²) in [6, 6.07) is 10.4.